The molecule has 1 fully saturated rings. The average molecular weight is 437 g/mol. The Balaban J connectivity index is 1.17. The number of benzene rings is 1. The molecule has 152 valence electrons. The van der Waals surface area contributed by atoms with Crippen LogP contribution in [-0.2, 0) is 11.3 Å². The van der Waals surface area contributed by atoms with E-state index in [9.17, 15) is 4.79 Å². The first-order valence-corrected chi connectivity index (χ1v) is 11.1. The van der Waals surface area contributed by atoms with Gasteiger partial charge in [0.25, 0.3) is 0 Å². The van der Waals surface area contributed by atoms with Crippen LogP contribution < -0.4 is 0 Å². The van der Waals surface area contributed by atoms with Gasteiger partial charge in [-0.3, -0.25) is 14.7 Å². The second kappa shape index (κ2) is 8.22. The number of amides is 1. The fourth-order valence-electron chi connectivity index (χ4n) is 3.85. The number of carbonyl (C=O) groups excluding carboxylic acids is 1. The second-order valence-corrected chi connectivity index (χ2v) is 9.07. The van der Waals surface area contributed by atoms with E-state index in [4.69, 9.17) is 11.6 Å². The number of nitrogens with one attached hydrogen (secondary N) is 1. The van der Waals surface area contributed by atoms with Gasteiger partial charge in [0.15, 0.2) is 0 Å². The number of hydrogen-bond donors (Lipinski definition) is 1. The Labute approximate surface area is 183 Å². The molecule has 3 aromatic heterocycles. The highest BCUT2D eigenvalue weighted by molar-refractivity contribution is 7.19. The second-order valence-electron chi connectivity index (χ2n) is 7.52. The third kappa shape index (κ3) is 4.12. The summed E-state index contributed by atoms with van der Waals surface area (Å²) in [7, 11) is 0. The van der Waals surface area contributed by atoms with E-state index < -0.39 is 0 Å². The van der Waals surface area contributed by atoms with Crippen LogP contribution >= 0.6 is 22.9 Å². The fourth-order valence-corrected chi connectivity index (χ4v) is 5.09. The molecule has 5 rings (SSSR count). The molecule has 4 aromatic rings. The average Bonchev–Trinajstić information content (AvgIpc) is 3.35. The molecule has 0 aliphatic carbocycles. The van der Waals surface area contributed by atoms with E-state index in [1.807, 2.05) is 41.4 Å². The molecular formula is C23H21ClN4OS. The molecule has 0 radical (unpaired) electrons. The minimum absolute atomic E-state index is 0.0711. The number of aromatic nitrogens is 2. The lowest BCUT2D eigenvalue weighted by atomic mass is 10.2. The first-order valence-electron chi connectivity index (χ1n) is 9.94. The zero-order valence-electron chi connectivity index (χ0n) is 16.3. The smallest absolute Gasteiger partial charge is 0.246 e. The van der Waals surface area contributed by atoms with Gasteiger partial charge in [0.1, 0.15) is 0 Å². The van der Waals surface area contributed by atoms with Crippen LogP contribution in [0.1, 0.15) is 10.6 Å². The number of halogens is 1. The SMILES string of the molecule is O=C(C=Cc1cc2ccc(Cl)cc2s1)N1CCN(Cc2cc3cnccc3[nH]2)CC1. The molecule has 0 atom stereocenters. The summed E-state index contributed by atoms with van der Waals surface area (Å²) in [6.45, 7) is 4.08. The third-order valence-electron chi connectivity index (χ3n) is 5.45. The maximum atomic E-state index is 12.6. The third-order valence-corrected chi connectivity index (χ3v) is 6.74. The van der Waals surface area contributed by atoms with Crippen molar-refractivity contribution in [1.82, 2.24) is 19.8 Å². The summed E-state index contributed by atoms with van der Waals surface area (Å²) in [6, 6.07) is 12.1. The zero-order valence-corrected chi connectivity index (χ0v) is 17.9. The lowest BCUT2D eigenvalue weighted by Crippen LogP contribution is -2.47. The molecule has 5 nitrogen and oxygen atoms in total. The highest BCUT2D eigenvalue weighted by Gasteiger charge is 2.20. The molecule has 1 aliphatic rings. The first-order chi connectivity index (χ1) is 14.6. The zero-order chi connectivity index (χ0) is 20.5. The van der Waals surface area contributed by atoms with Crippen molar-refractivity contribution in [2.24, 2.45) is 0 Å². The van der Waals surface area contributed by atoms with E-state index in [0.29, 0.717) is 0 Å². The van der Waals surface area contributed by atoms with E-state index in [0.717, 1.165) is 63.6 Å². The number of hydrogen-bond acceptors (Lipinski definition) is 4. The van der Waals surface area contributed by atoms with Crippen molar-refractivity contribution >= 4 is 55.9 Å². The fraction of sp³-hybridized carbons (Fsp3) is 0.217. The van der Waals surface area contributed by atoms with Gasteiger partial charge < -0.3 is 9.88 Å². The van der Waals surface area contributed by atoms with Gasteiger partial charge in [-0.15, -0.1) is 11.3 Å². The molecule has 0 spiro atoms. The number of rotatable bonds is 4. The van der Waals surface area contributed by atoms with Crippen LogP contribution in [0, 0.1) is 0 Å². The van der Waals surface area contributed by atoms with Gasteiger partial charge in [-0.1, -0.05) is 17.7 Å². The molecule has 1 aliphatic heterocycles. The molecule has 1 amide bonds. The Morgan fingerprint density at radius 1 is 1.13 bits per heavy atom. The van der Waals surface area contributed by atoms with Gasteiger partial charge in [-0.2, -0.15) is 0 Å². The maximum Gasteiger partial charge on any atom is 0.246 e. The Kier molecular flexibility index (Phi) is 5.29. The van der Waals surface area contributed by atoms with E-state index in [2.05, 4.69) is 27.0 Å². The number of piperazine rings is 1. The predicted octanol–water partition coefficient (Wildman–Crippen LogP) is 4.79. The largest absolute Gasteiger partial charge is 0.357 e. The molecule has 0 saturated carbocycles. The number of H-pyrrole nitrogens is 1. The summed E-state index contributed by atoms with van der Waals surface area (Å²) >= 11 is 7.70. The summed E-state index contributed by atoms with van der Waals surface area (Å²) in [4.78, 5) is 25.6. The topological polar surface area (TPSA) is 52.2 Å². The number of fused-ring (bicyclic) bond motifs is 2. The molecule has 1 N–H and O–H groups in total. The van der Waals surface area contributed by atoms with Gasteiger partial charge in [0.05, 0.1) is 0 Å². The number of thiophene rings is 1. The predicted molar refractivity (Wildman–Crippen MR) is 124 cm³/mol. The van der Waals surface area contributed by atoms with Crippen molar-refractivity contribution in [3.05, 3.63) is 70.5 Å². The van der Waals surface area contributed by atoms with Crippen molar-refractivity contribution in [3.8, 4) is 0 Å². The van der Waals surface area contributed by atoms with Gasteiger partial charge in [0.2, 0.25) is 5.91 Å². The number of nitrogens with zero attached hydrogens (tertiary/aromatic N) is 3. The number of carbonyl (C=O) groups is 1. The number of aromatic amines is 1. The van der Waals surface area contributed by atoms with Crippen LogP contribution in [0.15, 0.2) is 54.9 Å². The maximum absolute atomic E-state index is 12.6. The molecular weight excluding hydrogens is 416 g/mol. The van der Waals surface area contributed by atoms with E-state index in [1.165, 1.54) is 5.69 Å². The van der Waals surface area contributed by atoms with E-state index in [-0.39, 0.29) is 5.91 Å². The molecule has 30 heavy (non-hydrogen) atoms. The Bertz CT molecular complexity index is 1200. The minimum Gasteiger partial charge on any atom is -0.357 e. The molecule has 0 bridgehead atoms. The van der Waals surface area contributed by atoms with Crippen molar-refractivity contribution in [2.45, 2.75) is 6.54 Å². The lowest BCUT2D eigenvalue weighted by molar-refractivity contribution is -0.127. The Hall–Kier alpha value is -2.67. The molecule has 4 heterocycles. The van der Waals surface area contributed by atoms with Crippen LogP contribution in [0.4, 0.5) is 0 Å². The molecule has 0 unspecified atom stereocenters. The normalized spacial score (nSPS) is 15.6. The highest BCUT2D eigenvalue weighted by Crippen LogP contribution is 2.29. The summed E-state index contributed by atoms with van der Waals surface area (Å²) in [5, 5.41) is 3.02. The van der Waals surface area contributed by atoms with Crippen molar-refractivity contribution in [1.29, 1.82) is 0 Å². The summed E-state index contributed by atoms with van der Waals surface area (Å²) in [6.07, 6.45) is 7.27. The van der Waals surface area contributed by atoms with E-state index in [1.54, 1.807) is 23.6 Å². The highest BCUT2D eigenvalue weighted by atomic mass is 35.5. The first kappa shape index (κ1) is 19.3. The van der Waals surface area contributed by atoms with E-state index >= 15 is 0 Å². The van der Waals surface area contributed by atoms with Gasteiger partial charge in [0, 0.05) is 82.4 Å². The molecule has 1 saturated heterocycles. The van der Waals surface area contributed by atoms with Crippen LogP contribution in [0.2, 0.25) is 5.02 Å². The van der Waals surface area contributed by atoms with Gasteiger partial charge in [-0.25, -0.2) is 0 Å². The molecule has 1 aromatic carbocycles. The molecule has 7 heteroatoms. The van der Waals surface area contributed by atoms with Crippen LogP contribution in [0.3, 0.4) is 0 Å². The standard InChI is InChI=1S/C23H21ClN4OS/c24-18-2-1-16-12-20(30-22(16)13-18)3-4-23(29)28-9-7-27(8-10-28)15-19-11-17-14-25-6-5-21(17)26-19/h1-6,11-14,26H,7-10,15H2. The van der Waals surface area contributed by atoms with Gasteiger partial charge >= 0.3 is 0 Å². The monoisotopic (exact) mass is 436 g/mol. The van der Waals surface area contributed by atoms with Crippen molar-refractivity contribution in [2.75, 3.05) is 26.2 Å². The van der Waals surface area contributed by atoms with Crippen molar-refractivity contribution < 1.29 is 4.79 Å². The Morgan fingerprint density at radius 3 is 2.83 bits per heavy atom. The minimum atomic E-state index is 0.0711. The van der Waals surface area contributed by atoms with Crippen LogP contribution in [-0.4, -0.2) is 51.9 Å². The lowest BCUT2D eigenvalue weighted by Gasteiger charge is -2.34. The summed E-state index contributed by atoms with van der Waals surface area (Å²) in [5.74, 6) is 0.0711. The van der Waals surface area contributed by atoms with Crippen LogP contribution in [0.5, 0.6) is 0 Å². The van der Waals surface area contributed by atoms with Crippen LogP contribution in [0.25, 0.3) is 27.1 Å². The summed E-state index contributed by atoms with van der Waals surface area (Å²) < 4.78 is 1.14. The number of pyridine rings is 1. The van der Waals surface area contributed by atoms with Crippen molar-refractivity contribution in [3.63, 3.8) is 0 Å². The Morgan fingerprint density at radius 2 is 2.00 bits per heavy atom. The van der Waals surface area contributed by atoms with Gasteiger partial charge in [-0.05, 0) is 41.8 Å². The summed E-state index contributed by atoms with van der Waals surface area (Å²) in [5.41, 5.74) is 2.30. The quantitative estimate of drug-likeness (QED) is 0.468.